The lowest BCUT2D eigenvalue weighted by molar-refractivity contribution is -0.152. The minimum absolute atomic E-state index is 0.0191. The molecule has 1 unspecified atom stereocenters. The van der Waals surface area contributed by atoms with Crippen molar-refractivity contribution in [2.24, 2.45) is 5.41 Å². The van der Waals surface area contributed by atoms with Crippen molar-refractivity contribution in [3.05, 3.63) is 12.2 Å². The third-order valence-electron chi connectivity index (χ3n) is 2.22. The Balaban J connectivity index is 2.78. The Labute approximate surface area is 77.8 Å². The van der Waals surface area contributed by atoms with Crippen LogP contribution in [0.15, 0.2) is 12.2 Å². The van der Waals surface area contributed by atoms with Crippen LogP contribution in [0.2, 0.25) is 0 Å². The molecule has 3 heteroatoms. The Morgan fingerprint density at radius 1 is 1.62 bits per heavy atom. The topological polar surface area (TPSA) is 43.4 Å². The number of ketones is 1. The summed E-state index contributed by atoms with van der Waals surface area (Å²) in [4.78, 5) is 21.8. The summed E-state index contributed by atoms with van der Waals surface area (Å²) in [7, 11) is 0. The smallest absolute Gasteiger partial charge is 0.302 e. The van der Waals surface area contributed by atoms with Gasteiger partial charge >= 0.3 is 5.97 Å². The van der Waals surface area contributed by atoms with Gasteiger partial charge in [-0.1, -0.05) is 19.9 Å². The second-order valence-corrected chi connectivity index (χ2v) is 3.92. The molecule has 0 bridgehead atoms. The number of esters is 1. The monoisotopic (exact) mass is 182 g/mol. The predicted molar refractivity (Wildman–Crippen MR) is 48.1 cm³/mol. The van der Waals surface area contributed by atoms with Gasteiger partial charge in [0.1, 0.15) is 6.10 Å². The molecule has 0 aromatic rings. The van der Waals surface area contributed by atoms with Crippen LogP contribution >= 0.6 is 0 Å². The quantitative estimate of drug-likeness (QED) is 0.577. The van der Waals surface area contributed by atoms with Gasteiger partial charge in [0.15, 0.2) is 5.78 Å². The molecule has 0 spiro atoms. The van der Waals surface area contributed by atoms with E-state index in [1.165, 1.54) is 6.92 Å². The molecule has 1 atom stereocenters. The Morgan fingerprint density at radius 3 is 2.77 bits per heavy atom. The van der Waals surface area contributed by atoms with Crippen molar-refractivity contribution < 1.29 is 14.3 Å². The SMILES string of the molecule is CC(=O)OC1CC(=O)C=CC1(C)C. The summed E-state index contributed by atoms with van der Waals surface area (Å²) >= 11 is 0. The maximum Gasteiger partial charge on any atom is 0.302 e. The molecule has 0 aliphatic heterocycles. The van der Waals surface area contributed by atoms with Gasteiger partial charge in [-0.05, 0) is 6.08 Å². The first-order valence-electron chi connectivity index (χ1n) is 4.31. The maximum atomic E-state index is 11.1. The van der Waals surface area contributed by atoms with Crippen LogP contribution < -0.4 is 0 Å². The number of rotatable bonds is 1. The summed E-state index contributed by atoms with van der Waals surface area (Å²) in [5.74, 6) is -0.313. The van der Waals surface area contributed by atoms with Crippen molar-refractivity contribution in [3.8, 4) is 0 Å². The van der Waals surface area contributed by atoms with E-state index in [9.17, 15) is 9.59 Å². The van der Waals surface area contributed by atoms with Gasteiger partial charge in [0.05, 0.1) is 0 Å². The second kappa shape index (κ2) is 3.32. The van der Waals surface area contributed by atoms with E-state index in [4.69, 9.17) is 4.74 Å². The summed E-state index contributed by atoms with van der Waals surface area (Å²) < 4.78 is 5.07. The zero-order valence-corrected chi connectivity index (χ0v) is 8.16. The van der Waals surface area contributed by atoms with Crippen LogP contribution in [0, 0.1) is 5.41 Å². The van der Waals surface area contributed by atoms with E-state index in [-0.39, 0.29) is 23.3 Å². The first-order chi connectivity index (χ1) is 5.92. The third-order valence-corrected chi connectivity index (χ3v) is 2.22. The molecule has 1 aliphatic carbocycles. The number of carbonyl (C=O) groups excluding carboxylic acids is 2. The highest BCUT2D eigenvalue weighted by atomic mass is 16.5. The maximum absolute atomic E-state index is 11.1. The van der Waals surface area contributed by atoms with Crippen LogP contribution in [0.3, 0.4) is 0 Å². The van der Waals surface area contributed by atoms with Crippen LogP contribution in [0.1, 0.15) is 27.2 Å². The fraction of sp³-hybridized carbons (Fsp3) is 0.600. The fourth-order valence-electron chi connectivity index (χ4n) is 1.32. The van der Waals surface area contributed by atoms with Crippen molar-refractivity contribution in [1.29, 1.82) is 0 Å². The van der Waals surface area contributed by atoms with E-state index < -0.39 is 0 Å². The Bertz CT molecular complexity index is 263. The average molecular weight is 182 g/mol. The largest absolute Gasteiger partial charge is 0.461 e. The zero-order valence-electron chi connectivity index (χ0n) is 8.16. The molecule has 0 saturated carbocycles. The van der Waals surface area contributed by atoms with E-state index in [1.807, 2.05) is 13.8 Å². The Kier molecular flexibility index (Phi) is 2.55. The zero-order chi connectivity index (χ0) is 10.1. The molecule has 0 radical (unpaired) electrons. The van der Waals surface area contributed by atoms with Gasteiger partial charge in [-0.3, -0.25) is 9.59 Å². The molecule has 1 rings (SSSR count). The molecule has 0 fully saturated rings. The Morgan fingerprint density at radius 2 is 2.23 bits per heavy atom. The molecular formula is C10H14O3. The Hall–Kier alpha value is -1.12. The van der Waals surface area contributed by atoms with Crippen molar-refractivity contribution >= 4 is 11.8 Å². The van der Waals surface area contributed by atoms with Gasteiger partial charge in [-0.25, -0.2) is 0 Å². The molecule has 0 heterocycles. The first kappa shape index (κ1) is 9.96. The molecule has 0 aromatic carbocycles. The molecule has 0 N–H and O–H groups in total. The van der Waals surface area contributed by atoms with Gasteiger partial charge in [0, 0.05) is 18.8 Å². The summed E-state index contributed by atoms with van der Waals surface area (Å²) in [6.07, 6.45) is 3.33. The van der Waals surface area contributed by atoms with Crippen LogP contribution in [-0.4, -0.2) is 17.9 Å². The van der Waals surface area contributed by atoms with E-state index in [0.29, 0.717) is 6.42 Å². The lowest BCUT2D eigenvalue weighted by atomic mass is 9.79. The molecule has 1 aliphatic rings. The summed E-state index contributed by atoms with van der Waals surface area (Å²) in [6, 6.07) is 0. The van der Waals surface area contributed by atoms with Gasteiger partial charge < -0.3 is 4.74 Å². The highest BCUT2D eigenvalue weighted by Gasteiger charge is 2.34. The van der Waals surface area contributed by atoms with Crippen molar-refractivity contribution in [3.63, 3.8) is 0 Å². The molecular weight excluding hydrogens is 168 g/mol. The van der Waals surface area contributed by atoms with Crippen LogP contribution in [-0.2, 0) is 14.3 Å². The van der Waals surface area contributed by atoms with Crippen LogP contribution in [0.4, 0.5) is 0 Å². The van der Waals surface area contributed by atoms with E-state index >= 15 is 0 Å². The number of hydrogen-bond donors (Lipinski definition) is 0. The van der Waals surface area contributed by atoms with Crippen molar-refractivity contribution in [1.82, 2.24) is 0 Å². The summed E-state index contributed by atoms with van der Waals surface area (Å²) in [5, 5.41) is 0. The highest BCUT2D eigenvalue weighted by molar-refractivity contribution is 5.91. The van der Waals surface area contributed by atoms with Gasteiger partial charge in [-0.2, -0.15) is 0 Å². The lowest BCUT2D eigenvalue weighted by Crippen LogP contribution is -2.36. The van der Waals surface area contributed by atoms with E-state index in [2.05, 4.69) is 0 Å². The van der Waals surface area contributed by atoms with Gasteiger partial charge in [-0.15, -0.1) is 0 Å². The lowest BCUT2D eigenvalue weighted by Gasteiger charge is -2.32. The standard InChI is InChI=1S/C10H14O3/c1-7(11)13-9-6-8(12)4-5-10(9,2)3/h4-5,9H,6H2,1-3H3. The molecule has 13 heavy (non-hydrogen) atoms. The molecule has 0 aromatic heterocycles. The van der Waals surface area contributed by atoms with Gasteiger partial charge in [0.2, 0.25) is 0 Å². The third kappa shape index (κ3) is 2.41. The van der Waals surface area contributed by atoms with E-state index in [0.717, 1.165) is 0 Å². The molecule has 3 nitrogen and oxygen atoms in total. The number of carbonyl (C=O) groups is 2. The number of hydrogen-bond acceptors (Lipinski definition) is 3. The number of allylic oxidation sites excluding steroid dienone is 1. The van der Waals surface area contributed by atoms with Crippen LogP contribution in [0.25, 0.3) is 0 Å². The van der Waals surface area contributed by atoms with Crippen molar-refractivity contribution in [2.45, 2.75) is 33.3 Å². The minimum Gasteiger partial charge on any atom is -0.461 e. The fourth-order valence-corrected chi connectivity index (χ4v) is 1.32. The minimum atomic E-state index is -0.332. The van der Waals surface area contributed by atoms with E-state index in [1.54, 1.807) is 12.2 Å². The van der Waals surface area contributed by atoms with Crippen molar-refractivity contribution in [2.75, 3.05) is 0 Å². The molecule has 72 valence electrons. The normalized spacial score (nSPS) is 25.8. The first-order valence-corrected chi connectivity index (χ1v) is 4.31. The second-order valence-electron chi connectivity index (χ2n) is 3.92. The van der Waals surface area contributed by atoms with Gasteiger partial charge in [0.25, 0.3) is 0 Å². The summed E-state index contributed by atoms with van der Waals surface area (Å²) in [6.45, 7) is 5.26. The predicted octanol–water partition coefficient (Wildman–Crippen LogP) is 1.47. The highest BCUT2D eigenvalue weighted by Crippen LogP contribution is 2.31. The molecule has 0 saturated heterocycles. The molecule has 0 amide bonds. The summed E-state index contributed by atoms with van der Waals surface area (Å²) in [5.41, 5.74) is -0.237. The number of ether oxygens (including phenoxy) is 1. The van der Waals surface area contributed by atoms with Crippen LogP contribution in [0.5, 0.6) is 0 Å². The average Bonchev–Trinajstić information content (AvgIpc) is 1.97.